The molecule has 15 heavy (non-hydrogen) atoms. The molecular formula is C11H18N4. The fourth-order valence-electron chi connectivity index (χ4n) is 2.22. The molecule has 1 atom stereocenters. The minimum Gasteiger partial charge on any atom is -0.382 e. The Morgan fingerprint density at radius 3 is 2.93 bits per heavy atom. The first-order chi connectivity index (χ1) is 7.31. The van der Waals surface area contributed by atoms with Crippen molar-refractivity contribution in [3.05, 3.63) is 12.1 Å². The lowest BCUT2D eigenvalue weighted by atomic mass is 10.0. The van der Waals surface area contributed by atoms with Gasteiger partial charge in [0.2, 0.25) is 0 Å². The Balaban J connectivity index is 2.16. The van der Waals surface area contributed by atoms with Crippen molar-refractivity contribution >= 4 is 11.6 Å². The molecule has 2 rings (SSSR count). The van der Waals surface area contributed by atoms with Gasteiger partial charge in [-0.3, -0.25) is 0 Å². The largest absolute Gasteiger partial charge is 0.382 e. The number of anilines is 2. The van der Waals surface area contributed by atoms with Gasteiger partial charge in [-0.25, -0.2) is 0 Å². The molecule has 0 bridgehead atoms. The maximum atomic E-state index is 5.53. The fraction of sp³-hybridized carbons (Fsp3) is 0.636. The van der Waals surface area contributed by atoms with Crippen LogP contribution in [-0.4, -0.2) is 22.8 Å². The van der Waals surface area contributed by atoms with Gasteiger partial charge in [0.1, 0.15) is 5.82 Å². The first-order valence-electron chi connectivity index (χ1n) is 5.67. The maximum Gasteiger partial charge on any atom is 0.151 e. The van der Waals surface area contributed by atoms with E-state index in [2.05, 4.69) is 22.0 Å². The summed E-state index contributed by atoms with van der Waals surface area (Å²) in [7, 11) is 0. The highest BCUT2D eigenvalue weighted by molar-refractivity contribution is 5.42. The second-order valence-electron chi connectivity index (χ2n) is 4.07. The van der Waals surface area contributed by atoms with E-state index in [1.54, 1.807) is 0 Å². The van der Waals surface area contributed by atoms with E-state index in [1.165, 1.54) is 25.7 Å². The van der Waals surface area contributed by atoms with Gasteiger partial charge in [-0.05, 0) is 37.8 Å². The van der Waals surface area contributed by atoms with Crippen LogP contribution >= 0.6 is 0 Å². The molecule has 0 aliphatic carbocycles. The van der Waals surface area contributed by atoms with Crippen LogP contribution in [-0.2, 0) is 0 Å². The summed E-state index contributed by atoms with van der Waals surface area (Å²) in [5.41, 5.74) is 5.53. The van der Waals surface area contributed by atoms with Crippen molar-refractivity contribution in [3.8, 4) is 0 Å². The Morgan fingerprint density at radius 2 is 2.27 bits per heavy atom. The second kappa shape index (κ2) is 4.47. The number of aromatic nitrogens is 2. The molecule has 0 spiro atoms. The maximum absolute atomic E-state index is 5.53. The average molecular weight is 206 g/mol. The zero-order valence-electron chi connectivity index (χ0n) is 9.19. The van der Waals surface area contributed by atoms with Gasteiger partial charge in [0.05, 0.1) is 0 Å². The van der Waals surface area contributed by atoms with Crippen LogP contribution in [0.25, 0.3) is 0 Å². The summed E-state index contributed by atoms with van der Waals surface area (Å²) < 4.78 is 0. The van der Waals surface area contributed by atoms with Crippen molar-refractivity contribution in [3.63, 3.8) is 0 Å². The second-order valence-corrected chi connectivity index (χ2v) is 4.07. The lowest BCUT2D eigenvalue weighted by molar-refractivity contribution is 0.445. The molecule has 0 aromatic carbocycles. The van der Waals surface area contributed by atoms with Crippen molar-refractivity contribution in [1.29, 1.82) is 0 Å². The van der Waals surface area contributed by atoms with Crippen LogP contribution in [0.1, 0.15) is 32.6 Å². The molecule has 82 valence electrons. The number of nitrogen functional groups attached to an aromatic ring is 1. The van der Waals surface area contributed by atoms with Crippen molar-refractivity contribution in [1.82, 2.24) is 10.2 Å². The first kappa shape index (κ1) is 10.2. The topological polar surface area (TPSA) is 55.0 Å². The van der Waals surface area contributed by atoms with Crippen molar-refractivity contribution in [2.45, 2.75) is 38.6 Å². The van der Waals surface area contributed by atoms with Gasteiger partial charge in [-0.2, -0.15) is 0 Å². The van der Waals surface area contributed by atoms with E-state index in [1.807, 2.05) is 12.1 Å². The first-order valence-corrected chi connectivity index (χ1v) is 5.67. The SMILES string of the molecule is CC[C@@H]1CCCCN1c1ccc(N)nn1. The highest BCUT2D eigenvalue weighted by atomic mass is 15.3. The van der Waals surface area contributed by atoms with Gasteiger partial charge in [-0.15, -0.1) is 10.2 Å². The standard InChI is InChI=1S/C11H18N4/c1-2-9-5-3-4-8-15(9)11-7-6-10(12)13-14-11/h6-7,9H,2-5,8H2,1H3,(H2,12,13)/t9-/m1/s1. The Labute approximate surface area is 90.5 Å². The number of hydrogen-bond donors (Lipinski definition) is 1. The van der Waals surface area contributed by atoms with Gasteiger partial charge >= 0.3 is 0 Å². The van der Waals surface area contributed by atoms with E-state index < -0.39 is 0 Å². The highest BCUT2D eigenvalue weighted by Gasteiger charge is 2.21. The molecule has 1 aliphatic heterocycles. The molecule has 0 amide bonds. The lowest BCUT2D eigenvalue weighted by Crippen LogP contribution is -2.39. The minimum atomic E-state index is 0.490. The number of nitrogens with two attached hydrogens (primary N) is 1. The molecule has 1 aromatic rings. The van der Waals surface area contributed by atoms with Crippen LogP contribution < -0.4 is 10.6 Å². The third-order valence-electron chi connectivity index (χ3n) is 3.06. The van der Waals surface area contributed by atoms with E-state index in [0.717, 1.165) is 12.4 Å². The highest BCUT2D eigenvalue weighted by Crippen LogP contribution is 2.24. The number of nitrogens with zero attached hydrogens (tertiary/aromatic N) is 3. The van der Waals surface area contributed by atoms with Gasteiger partial charge < -0.3 is 10.6 Å². The Hall–Kier alpha value is -1.32. The Kier molecular flexibility index (Phi) is 3.04. The van der Waals surface area contributed by atoms with E-state index in [4.69, 9.17) is 5.73 Å². The number of rotatable bonds is 2. The monoisotopic (exact) mass is 206 g/mol. The Bertz CT molecular complexity index is 309. The predicted molar refractivity (Wildman–Crippen MR) is 61.7 cm³/mol. The summed E-state index contributed by atoms with van der Waals surface area (Å²) in [5.74, 6) is 1.46. The third kappa shape index (κ3) is 2.19. The van der Waals surface area contributed by atoms with Crippen molar-refractivity contribution in [2.24, 2.45) is 0 Å². The summed E-state index contributed by atoms with van der Waals surface area (Å²) in [5, 5.41) is 8.06. The Morgan fingerprint density at radius 1 is 1.40 bits per heavy atom. The molecular weight excluding hydrogens is 188 g/mol. The van der Waals surface area contributed by atoms with Gasteiger partial charge in [0, 0.05) is 12.6 Å². The smallest absolute Gasteiger partial charge is 0.151 e. The van der Waals surface area contributed by atoms with Crippen LogP contribution in [0.4, 0.5) is 11.6 Å². The predicted octanol–water partition coefficient (Wildman–Crippen LogP) is 1.83. The van der Waals surface area contributed by atoms with Crippen LogP contribution in [0.2, 0.25) is 0 Å². The summed E-state index contributed by atoms with van der Waals surface area (Å²) in [6.45, 7) is 3.32. The van der Waals surface area contributed by atoms with E-state index in [-0.39, 0.29) is 0 Å². The summed E-state index contributed by atoms with van der Waals surface area (Å²) in [6.07, 6.45) is 5.02. The summed E-state index contributed by atoms with van der Waals surface area (Å²) in [6, 6.07) is 4.41. The molecule has 0 saturated carbocycles. The fourth-order valence-corrected chi connectivity index (χ4v) is 2.22. The number of hydrogen-bond acceptors (Lipinski definition) is 4. The summed E-state index contributed by atoms with van der Waals surface area (Å²) in [4.78, 5) is 2.36. The van der Waals surface area contributed by atoms with Gasteiger partial charge in [0.25, 0.3) is 0 Å². The molecule has 0 radical (unpaired) electrons. The lowest BCUT2D eigenvalue weighted by Gasteiger charge is -2.35. The van der Waals surface area contributed by atoms with E-state index >= 15 is 0 Å². The average Bonchev–Trinajstić information content (AvgIpc) is 2.30. The van der Waals surface area contributed by atoms with Crippen molar-refractivity contribution in [2.75, 3.05) is 17.2 Å². The normalized spacial score (nSPS) is 21.7. The van der Waals surface area contributed by atoms with E-state index in [0.29, 0.717) is 11.9 Å². The van der Waals surface area contributed by atoms with E-state index in [9.17, 15) is 0 Å². The van der Waals surface area contributed by atoms with Gasteiger partial charge in [0.15, 0.2) is 5.82 Å². The quantitative estimate of drug-likeness (QED) is 0.802. The molecule has 4 nitrogen and oxygen atoms in total. The van der Waals surface area contributed by atoms with Crippen LogP contribution in [0.3, 0.4) is 0 Å². The molecule has 2 heterocycles. The van der Waals surface area contributed by atoms with Crippen molar-refractivity contribution < 1.29 is 0 Å². The molecule has 4 heteroatoms. The summed E-state index contributed by atoms with van der Waals surface area (Å²) >= 11 is 0. The molecule has 1 saturated heterocycles. The van der Waals surface area contributed by atoms with Crippen LogP contribution in [0, 0.1) is 0 Å². The van der Waals surface area contributed by atoms with Gasteiger partial charge in [-0.1, -0.05) is 6.92 Å². The van der Waals surface area contributed by atoms with Crippen LogP contribution in [0.5, 0.6) is 0 Å². The minimum absolute atomic E-state index is 0.490. The third-order valence-corrected chi connectivity index (χ3v) is 3.06. The molecule has 1 aliphatic rings. The molecule has 2 N–H and O–H groups in total. The molecule has 0 unspecified atom stereocenters. The zero-order valence-corrected chi connectivity index (χ0v) is 9.19. The molecule has 1 aromatic heterocycles. The zero-order chi connectivity index (χ0) is 10.7. The van der Waals surface area contributed by atoms with Crippen LogP contribution in [0.15, 0.2) is 12.1 Å². The molecule has 1 fully saturated rings. The number of piperidine rings is 1.